The van der Waals surface area contributed by atoms with Gasteiger partial charge in [0.2, 0.25) is 0 Å². The molecular weight excluding hydrogens is 292 g/mol. The molecule has 1 heterocycles. The molecule has 1 amide bonds. The molecule has 2 N–H and O–H groups in total. The number of fused-ring (bicyclic) bond motifs is 1. The Morgan fingerprint density at radius 1 is 1.04 bits per heavy atom. The number of carbonyl (C=O) groups is 1. The Labute approximate surface area is 134 Å². The van der Waals surface area contributed by atoms with Crippen molar-refractivity contribution in [2.24, 2.45) is 0 Å². The molecule has 0 atom stereocenters. The van der Waals surface area contributed by atoms with Crippen molar-refractivity contribution in [3.8, 4) is 11.5 Å². The van der Waals surface area contributed by atoms with Gasteiger partial charge in [0.1, 0.15) is 17.1 Å². The molecule has 0 bridgehead atoms. The molecule has 0 saturated carbocycles. The summed E-state index contributed by atoms with van der Waals surface area (Å²) in [5, 5.41) is 3.91. The average molecular weight is 310 g/mol. The predicted octanol–water partition coefficient (Wildman–Crippen LogP) is 3.75. The van der Waals surface area contributed by atoms with Gasteiger partial charge in [0.25, 0.3) is 5.91 Å². The van der Waals surface area contributed by atoms with Gasteiger partial charge in [-0.2, -0.15) is 0 Å². The summed E-state index contributed by atoms with van der Waals surface area (Å²) < 4.78 is 10.6. The van der Waals surface area contributed by atoms with Crippen molar-refractivity contribution in [3.63, 3.8) is 0 Å². The third kappa shape index (κ3) is 2.73. The van der Waals surface area contributed by atoms with Crippen molar-refractivity contribution < 1.29 is 14.3 Å². The molecule has 1 aromatic heterocycles. The van der Waals surface area contributed by atoms with Gasteiger partial charge in [-0.15, -0.1) is 0 Å². The highest BCUT2D eigenvalue weighted by atomic mass is 16.5. The first kappa shape index (κ1) is 15.0. The van der Waals surface area contributed by atoms with Crippen LogP contribution in [0, 0.1) is 6.92 Å². The SMILES string of the molecule is COc1cccc(OC)c1C(=O)Nc1cccc2[nH]c(C)cc12. The lowest BCUT2D eigenvalue weighted by atomic mass is 10.1. The molecule has 5 nitrogen and oxygen atoms in total. The van der Waals surface area contributed by atoms with Crippen molar-refractivity contribution in [2.75, 3.05) is 19.5 Å². The second kappa shape index (κ2) is 6.04. The molecule has 0 aliphatic heterocycles. The molecule has 0 aliphatic rings. The van der Waals surface area contributed by atoms with E-state index in [4.69, 9.17) is 9.47 Å². The molecule has 0 saturated heterocycles. The lowest BCUT2D eigenvalue weighted by Gasteiger charge is -2.13. The number of methoxy groups -OCH3 is 2. The molecule has 23 heavy (non-hydrogen) atoms. The van der Waals surface area contributed by atoms with Crippen LogP contribution < -0.4 is 14.8 Å². The number of benzene rings is 2. The number of ether oxygens (including phenoxy) is 2. The van der Waals surface area contributed by atoms with Crippen LogP contribution in [0.5, 0.6) is 11.5 Å². The number of aromatic nitrogens is 1. The number of hydrogen-bond acceptors (Lipinski definition) is 3. The van der Waals surface area contributed by atoms with Gasteiger partial charge >= 0.3 is 0 Å². The van der Waals surface area contributed by atoms with Crippen LogP contribution in [0.15, 0.2) is 42.5 Å². The minimum absolute atomic E-state index is 0.273. The summed E-state index contributed by atoms with van der Waals surface area (Å²) in [7, 11) is 3.06. The monoisotopic (exact) mass is 310 g/mol. The van der Waals surface area contributed by atoms with Gasteiger partial charge in [-0.3, -0.25) is 4.79 Å². The second-order valence-electron chi connectivity index (χ2n) is 5.21. The third-order valence-electron chi connectivity index (χ3n) is 3.70. The second-order valence-corrected chi connectivity index (χ2v) is 5.21. The largest absolute Gasteiger partial charge is 0.496 e. The van der Waals surface area contributed by atoms with Gasteiger partial charge in [-0.1, -0.05) is 12.1 Å². The van der Waals surface area contributed by atoms with Crippen LogP contribution in [0.25, 0.3) is 10.9 Å². The van der Waals surface area contributed by atoms with Crippen molar-refractivity contribution in [3.05, 3.63) is 53.7 Å². The molecule has 2 aromatic carbocycles. The highest BCUT2D eigenvalue weighted by molar-refractivity contribution is 6.11. The van der Waals surface area contributed by atoms with Gasteiger partial charge in [0, 0.05) is 16.6 Å². The summed E-state index contributed by atoms with van der Waals surface area (Å²) in [6, 6.07) is 13.0. The first-order chi connectivity index (χ1) is 11.1. The average Bonchev–Trinajstić information content (AvgIpc) is 2.95. The van der Waals surface area contributed by atoms with E-state index >= 15 is 0 Å². The minimum Gasteiger partial charge on any atom is -0.496 e. The zero-order chi connectivity index (χ0) is 16.4. The summed E-state index contributed by atoms with van der Waals surface area (Å²) in [4.78, 5) is 16.0. The van der Waals surface area contributed by atoms with Crippen LogP contribution >= 0.6 is 0 Å². The van der Waals surface area contributed by atoms with Gasteiger partial charge in [0.05, 0.1) is 19.9 Å². The van der Waals surface area contributed by atoms with E-state index in [-0.39, 0.29) is 5.91 Å². The molecule has 0 radical (unpaired) electrons. The maximum atomic E-state index is 12.7. The number of amides is 1. The zero-order valence-electron chi connectivity index (χ0n) is 13.3. The number of nitrogens with one attached hydrogen (secondary N) is 2. The minimum atomic E-state index is -0.273. The van der Waals surface area contributed by atoms with E-state index in [1.54, 1.807) is 18.2 Å². The first-order valence-corrected chi connectivity index (χ1v) is 7.24. The van der Waals surface area contributed by atoms with E-state index in [9.17, 15) is 4.79 Å². The number of aromatic amines is 1. The predicted molar refractivity (Wildman–Crippen MR) is 90.5 cm³/mol. The Hall–Kier alpha value is -2.95. The van der Waals surface area contributed by atoms with Crippen LogP contribution in [0.4, 0.5) is 5.69 Å². The summed E-state index contributed by atoms with van der Waals surface area (Å²) in [6.07, 6.45) is 0. The number of aryl methyl sites for hydroxylation is 1. The summed E-state index contributed by atoms with van der Waals surface area (Å²) >= 11 is 0. The number of H-pyrrole nitrogens is 1. The Morgan fingerprint density at radius 3 is 2.35 bits per heavy atom. The topological polar surface area (TPSA) is 63.4 Å². The Bertz CT molecular complexity index is 846. The first-order valence-electron chi connectivity index (χ1n) is 7.24. The lowest BCUT2D eigenvalue weighted by molar-refractivity contribution is 0.102. The number of anilines is 1. The Balaban J connectivity index is 2.01. The third-order valence-corrected chi connectivity index (χ3v) is 3.70. The number of carbonyl (C=O) groups excluding carboxylic acids is 1. The molecular formula is C18H18N2O3. The maximum Gasteiger partial charge on any atom is 0.263 e. The van der Waals surface area contributed by atoms with Gasteiger partial charge < -0.3 is 19.8 Å². The molecule has 3 rings (SSSR count). The maximum absolute atomic E-state index is 12.7. The quantitative estimate of drug-likeness (QED) is 0.771. The number of rotatable bonds is 4. The van der Waals surface area contributed by atoms with Crippen LogP contribution in [0.3, 0.4) is 0 Å². The molecule has 5 heteroatoms. The highest BCUT2D eigenvalue weighted by Crippen LogP contribution is 2.30. The fraction of sp³-hybridized carbons (Fsp3) is 0.167. The number of hydrogen-bond donors (Lipinski definition) is 2. The van der Waals surface area contributed by atoms with E-state index in [2.05, 4.69) is 10.3 Å². The smallest absolute Gasteiger partial charge is 0.263 e. The van der Waals surface area contributed by atoms with E-state index in [0.29, 0.717) is 17.1 Å². The normalized spacial score (nSPS) is 10.6. The van der Waals surface area contributed by atoms with E-state index < -0.39 is 0 Å². The van der Waals surface area contributed by atoms with Crippen molar-refractivity contribution in [2.45, 2.75) is 6.92 Å². The van der Waals surface area contributed by atoms with Crippen molar-refractivity contribution in [1.29, 1.82) is 0 Å². The van der Waals surface area contributed by atoms with Crippen LogP contribution in [-0.4, -0.2) is 25.1 Å². The fourth-order valence-electron chi connectivity index (χ4n) is 2.66. The molecule has 0 unspecified atom stereocenters. The van der Waals surface area contributed by atoms with Crippen LogP contribution in [-0.2, 0) is 0 Å². The van der Waals surface area contributed by atoms with Gasteiger partial charge in [0.15, 0.2) is 0 Å². The fourth-order valence-corrected chi connectivity index (χ4v) is 2.66. The summed E-state index contributed by atoms with van der Waals surface area (Å²) in [5.74, 6) is 0.671. The molecule has 3 aromatic rings. The Morgan fingerprint density at radius 2 is 1.70 bits per heavy atom. The summed E-state index contributed by atoms with van der Waals surface area (Å²) in [6.45, 7) is 1.98. The van der Waals surface area contributed by atoms with Gasteiger partial charge in [-0.05, 0) is 37.3 Å². The molecule has 0 aliphatic carbocycles. The van der Waals surface area contributed by atoms with Crippen LogP contribution in [0.1, 0.15) is 16.1 Å². The summed E-state index contributed by atoms with van der Waals surface area (Å²) in [5.41, 5.74) is 3.13. The van der Waals surface area contributed by atoms with Crippen LogP contribution in [0.2, 0.25) is 0 Å². The zero-order valence-corrected chi connectivity index (χ0v) is 13.3. The van der Waals surface area contributed by atoms with Crippen molar-refractivity contribution in [1.82, 2.24) is 4.98 Å². The standard InChI is InChI=1S/C18H18N2O3/c1-11-10-12-13(19-11)6-4-7-14(12)20-18(21)17-15(22-2)8-5-9-16(17)23-3/h4-10,19H,1-3H3,(H,20,21). The van der Waals surface area contributed by atoms with Gasteiger partial charge in [-0.25, -0.2) is 0 Å². The van der Waals surface area contributed by atoms with Crippen molar-refractivity contribution >= 4 is 22.5 Å². The Kier molecular flexibility index (Phi) is 3.93. The molecule has 0 spiro atoms. The van der Waals surface area contributed by atoms with E-state index in [1.165, 1.54) is 14.2 Å². The molecule has 118 valence electrons. The molecule has 0 fully saturated rings. The lowest BCUT2D eigenvalue weighted by Crippen LogP contribution is -2.14. The highest BCUT2D eigenvalue weighted by Gasteiger charge is 2.19. The van der Waals surface area contributed by atoms with E-state index in [0.717, 1.165) is 22.3 Å². The van der Waals surface area contributed by atoms with E-state index in [1.807, 2.05) is 31.2 Å².